The van der Waals surface area contributed by atoms with Crippen LogP contribution in [-0.2, 0) is 24.0 Å². The maximum Gasteiger partial charge on any atom is 0.326 e. The molecule has 27 heavy (non-hydrogen) atoms. The molecule has 2 atom stereocenters. The van der Waals surface area contributed by atoms with Gasteiger partial charge in [0, 0.05) is 0 Å². The second kappa shape index (κ2) is 11.1. The molecule has 0 spiro atoms. The molecule has 0 saturated heterocycles. The first-order chi connectivity index (χ1) is 12.5. The van der Waals surface area contributed by atoms with Crippen molar-refractivity contribution in [1.29, 1.82) is 0 Å². The highest BCUT2D eigenvalue weighted by Crippen LogP contribution is 2.21. The van der Waals surface area contributed by atoms with E-state index in [0.717, 1.165) is 0 Å². The molecule has 11 heteroatoms. The van der Waals surface area contributed by atoms with E-state index in [2.05, 4.69) is 21.3 Å². The quantitative estimate of drug-likeness (QED) is 0.229. The minimum absolute atomic E-state index is 0.128. The lowest BCUT2D eigenvalue weighted by Crippen LogP contribution is -2.59. The van der Waals surface area contributed by atoms with Gasteiger partial charge in [-0.2, -0.15) is 0 Å². The number of rotatable bonds is 12. The summed E-state index contributed by atoms with van der Waals surface area (Å²) in [6.07, 6.45) is 0.764. The first-order valence-corrected chi connectivity index (χ1v) is 8.44. The van der Waals surface area contributed by atoms with Crippen molar-refractivity contribution in [3.8, 4) is 0 Å². The van der Waals surface area contributed by atoms with E-state index in [1.807, 2.05) is 0 Å². The molecule has 0 radical (unpaired) electrons. The Hall–Kier alpha value is -2.69. The number of carboxylic acids is 2. The van der Waals surface area contributed by atoms with Crippen LogP contribution < -0.4 is 21.3 Å². The maximum atomic E-state index is 12.4. The molecule has 154 valence electrons. The zero-order chi connectivity index (χ0) is 21.2. The van der Waals surface area contributed by atoms with Crippen LogP contribution in [0.1, 0.15) is 33.6 Å². The van der Waals surface area contributed by atoms with Gasteiger partial charge >= 0.3 is 11.9 Å². The number of likely N-dealkylation sites (N-methyl/N-ethyl adjacent to an activating group) is 1. The summed E-state index contributed by atoms with van der Waals surface area (Å²) in [5, 5.41) is 27.7. The van der Waals surface area contributed by atoms with Gasteiger partial charge in [-0.25, -0.2) is 4.79 Å². The van der Waals surface area contributed by atoms with Crippen molar-refractivity contribution in [1.82, 2.24) is 21.3 Å². The zero-order valence-electron chi connectivity index (χ0n) is 15.9. The Morgan fingerprint density at radius 3 is 1.96 bits per heavy atom. The monoisotopic (exact) mass is 388 g/mol. The summed E-state index contributed by atoms with van der Waals surface area (Å²) in [4.78, 5) is 58.5. The smallest absolute Gasteiger partial charge is 0.326 e. The Morgan fingerprint density at radius 2 is 1.52 bits per heavy atom. The molecule has 0 aliphatic rings. The molecule has 0 rings (SSSR count). The molecule has 0 aromatic rings. The molecule has 0 bridgehead atoms. The normalized spacial score (nSPS) is 13.2. The minimum atomic E-state index is -1.64. The lowest BCUT2D eigenvalue weighted by molar-refractivity contribution is -0.152. The number of aliphatic carboxylic acids is 2. The van der Waals surface area contributed by atoms with Crippen LogP contribution in [0, 0.1) is 5.41 Å². The average molecular weight is 388 g/mol. The van der Waals surface area contributed by atoms with Crippen molar-refractivity contribution in [3.05, 3.63) is 0 Å². The minimum Gasteiger partial charge on any atom is -0.481 e. The molecule has 0 aromatic heterocycles. The fourth-order valence-corrected chi connectivity index (χ4v) is 2.13. The van der Waals surface area contributed by atoms with E-state index >= 15 is 0 Å². The number of nitrogens with one attached hydrogen (secondary N) is 4. The van der Waals surface area contributed by atoms with E-state index in [-0.39, 0.29) is 13.0 Å². The lowest BCUT2D eigenvalue weighted by Gasteiger charge is -2.30. The van der Waals surface area contributed by atoms with Crippen molar-refractivity contribution >= 4 is 29.7 Å². The van der Waals surface area contributed by atoms with E-state index < -0.39 is 53.7 Å². The van der Waals surface area contributed by atoms with Crippen molar-refractivity contribution in [3.63, 3.8) is 0 Å². The third kappa shape index (κ3) is 8.03. The maximum absolute atomic E-state index is 12.4. The highest BCUT2D eigenvalue weighted by Gasteiger charge is 2.42. The predicted octanol–water partition coefficient (Wildman–Crippen LogP) is -1.71. The summed E-state index contributed by atoms with van der Waals surface area (Å²) in [5.74, 6) is -4.71. The van der Waals surface area contributed by atoms with Gasteiger partial charge in [0.25, 0.3) is 0 Å². The molecular weight excluding hydrogens is 360 g/mol. The first kappa shape index (κ1) is 24.3. The van der Waals surface area contributed by atoms with Crippen molar-refractivity contribution in [2.75, 3.05) is 20.1 Å². The second-order valence-electron chi connectivity index (χ2n) is 6.52. The molecule has 0 aliphatic carbocycles. The van der Waals surface area contributed by atoms with Crippen LogP contribution >= 0.6 is 0 Å². The first-order valence-electron chi connectivity index (χ1n) is 8.44. The van der Waals surface area contributed by atoms with E-state index in [0.29, 0.717) is 6.42 Å². The predicted molar refractivity (Wildman–Crippen MR) is 94.8 cm³/mol. The number of amides is 3. The van der Waals surface area contributed by atoms with Crippen LogP contribution in [-0.4, -0.2) is 72.1 Å². The molecule has 0 fully saturated rings. The molecule has 11 nitrogen and oxygen atoms in total. The highest BCUT2D eigenvalue weighted by molar-refractivity contribution is 5.95. The van der Waals surface area contributed by atoms with E-state index in [1.54, 1.807) is 6.92 Å². The van der Waals surface area contributed by atoms with Gasteiger partial charge in [0.2, 0.25) is 17.7 Å². The summed E-state index contributed by atoms with van der Waals surface area (Å²) < 4.78 is 0. The average Bonchev–Trinajstić information content (AvgIpc) is 2.57. The molecule has 0 aliphatic heterocycles. The van der Waals surface area contributed by atoms with E-state index in [1.165, 1.54) is 20.9 Å². The lowest BCUT2D eigenvalue weighted by atomic mass is 9.83. The van der Waals surface area contributed by atoms with Crippen molar-refractivity contribution < 1.29 is 34.2 Å². The Morgan fingerprint density at radius 1 is 0.963 bits per heavy atom. The second-order valence-corrected chi connectivity index (χ2v) is 6.52. The summed E-state index contributed by atoms with van der Waals surface area (Å²) >= 11 is 0. The molecule has 0 saturated carbocycles. The summed E-state index contributed by atoms with van der Waals surface area (Å²) in [7, 11) is 1.51. The summed E-state index contributed by atoms with van der Waals surface area (Å²) in [6, 6.07) is -2.52. The SMILES string of the molecule is CCCC(NC(=O)CNC(=O)C(NC(=O)CNC)C(C)(C)C(=O)O)C(=O)O. The largest absolute Gasteiger partial charge is 0.481 e. The Kier molecular flexibility index (Phi) is 10.0. The van der Waals surface area contributed by atoms with Gasteiger partial charge in [-0.1, -0.05) is 13.3 Å². The van der Waals surface area contributed by atoms with Gasteiger partial charge in [0.05, 0.1) is 18.5 Å². The van der Waals surface area contributed by atoms with Crippen molar-refractivity contribution in [2.45, 2.75) is 45.7 Å². The number of hydrogen-bond donors (Lipinski definition) is 6. The van der Waals surface area contributed by atoms with Crippen LogP contribution in [0.15, 0.2) is 0 Å². The Bertz CT molecular complexity index is 577. The fraction of sp³-hybridized carbons (Fsp3) is 0.688. The standard InChI is InChI=1S/C16H28N4O7/c1-5-6-9(14(24)25)19-11(22)8-18-13(23)12(16(2,3)15(26)27)20-10(21)7-17-4/h9,12,17H,5-8H2,1-4H3,(H,18,23)(H,19,22)(H,20,21)(H,24,25)(H,26,27). The summed E-state index contributed by atoms with van der Waals surface area (Å²) in [5.41, 5.74) is -1.64. The number of carboxylic acid groups (broad SMARTS) is 2. The van der Waals surface area contributed by atoms with Gasteiger partial charge in [0.1, 0.15) is 12.1 Å². The van der Waals surface area contributed by atoms with Gasteiger partial charge in [-0.15, -0.1) is 0 Å². The molecular formula is C16H28N4O7. The van der Waals surface area contributed by atoms with Gasteiger partial charge in [-0.05, 0) is 27.3 Å². The van der Waals surface area contributed by atoms with E-state index in [9.17, 15) is 29.1 Å². The van der Waals surface area contributed by atoms with Gasteiger partial charge in [0.15, 0.2) is 0 Å². The van der Waals surface area contributed by atoms with E-state index in [4.69, 9.17) is 5.11 Å². The third-order valence-corrected chi connectivity index (χ3v) is 3.81. The van der Waals surface area contributed by atoms with Gasteiger partial charge in [-0.3, -0.25) is 19.2 Å². The summed E-state index contributed by atoms with van der Waals surface area (Å²) in [6.45, 7) is 3.61. The van der Waals surface area contributed by atoms with Crippen LogP contribution in [0.2, 0.25) is 0 Å². The topological polar surface area (TPSA) is 174 Å². The van der Waals surface area contributed by atoms with Gasteiger partial charge < -0.3 is 31.5 Å². The number of hydrogen-bond acceptors (Lipinski definition) is 6. The zero-order valence-corrected chi connectivity index (χ0v) is 15.9. The highest BCUT2D eigenvalue weighted by atomic mass is 16.4. The molecule has 6 N–H and O–H groups in total. The molecule has 0 aromatic carbocycles. The fourth-order valence-electron chi connectivity index (χ4n) is 2.13. The van der Waals surface area contributed by atoms with Crippen LogP contribution in [0.5, 0.6) is 0 Å². The molecule has 0 heterocycles. The number of carbonyl (C=O) groups is 5. The third-order valence-electron chi connectivity index (χ3n) is 3.81. The molecule has 2 unspecified atom stereocenters. The van der Waals surface area contributed by atoms with Crippen molar-refractivity contribution in [2.24, 2.45) is 5.41 Å². The van der Waals surface area contributed by atoms with Crippen LogP contribution in [0.4, 0.5) is 0 Å². The van der Waals surface area contributed by atoms with Crippen LogP contribution in [0.3, 0.4) is 0 Å². The number of carbonyl (C=O) groups excluding carboxylic acids is 3. The van der Waals surface area contributed by atoms with Crippen LogP contribution in [0.25, 0.3) is 0 Å². The Balaban J connectivity index is 5.03. The Labute approximate surface area is 157 Å². The molecule has 3 amide bonds.